The van der Waals surface area contributed by atoms with Crippen molar-refractivity contribution in [2.75, 3.05) is 13.2 Å². The molecule has 2 rings (SSSR count). The lowest BCUT2D eigenvalue weighted by Crippen LogP contribution is -2.29. The van der Waals surface area contributed by atoms with E-state index in [0.29, 0.717) is 16.7 Å². The first kappa shape index (κ1) is 17.5. The average Bonchev–Trinajstić information content (AvgIpc) is 3.06. The molecule has 124 valence electrons. The van der Waals surface area contributed by atoms with Crippen LogP contribution in [0.15, 0.2) is 28.8 Å². The number of ether oxygens (including phenoxy) is 1. The van der Waals surface area contributed by atoms with Crippen molar-refractivity contribution in [1.82, 2.24) is 15.5 Å². The largest absolute Gasteiger partial charge is 0.456 e. The summed E-state index contributed by atoms with van der Waals surface area (Å²) in [6.07, 6.45) is 5.23. The van der Waals surface area contributed by atoms with Gasteiger partial charge >= 0.3 is 5.97 Å². The summed E-state index contributed by atoms with van der Waals surface area (Å²) in [4.78, 5) is 27.0. The standard InChI is InChI=1S/C16H14ClN3O4/c1-2-9-18-13(21)10-23-15(22)8-7-14-19-16(20-24-14)11-3-5-12(17)6-4-11/h1,3-6H,7-10H2,(H,18,21). The van der Waals surface area contributed by atoms with E-state index in [4.69, 9.17) is 27.3 Å². The summed E-state index contributed by atoms with van der Waals surface area (Å²) in [5, 5.41) is 6.83. The predicted octanol–water partition coefficient (Wildman–Crippen LogP) is 1.62. The van der Waals surface area contributed by atoms with Crippen molar-refractivity contribution in [3.63, 3.8) is 0 Å². The van der Waals surface area contributed by atoms with Gasteiger partial charge in [0.05, 0.1) is 13.0 Å². The number of carbonyl (C=O) groups excluding carboxylic acids is 2. The van der Waals surface area contributed by atoms with Crippen LogP contribution in [0.5, 0.6) is 0 Å². The highest BCUT2D eigenvalue weighted by molar-refractivity contribution is 6.30. The van der Waals surface area contributed by atoms with Crippen LogP contribution in [0.4, 0.5) is 0 Å². The molecule has 1 aromatic heterocycles. The van der Waals surface area contributed by atoms with Crippen LogP contribution in [-0.2, 0) is 20.7 Å². The molecule has 0 bridgehead atoms. The third-order valence-electron chi connectivity index (χ3n) is 2.87. The Morgan fingerprint density at radius 2 is 2.08 bits per heavy atom. The molecule has 1 N–H and O–H groups in total. The Bertz CT molecular complexity index is 749. The number of aryl methyl sites for hydroxylation is 1. The van der Waals surface area contributed by atoms with Gasteiger partial charge in [0, 0.05) is 17.0 Å². The number of terminal acetylenes is 1. The molecule has 0 fully saturated rings. The molecule has 0 radical (unpaired) electrons. The highest BCUT2D eigenvalue weighted by Gasteiger charge is 2.12. The van der Waals surface area contributed by atoms with E-state index in [-0.39, 0.29) is 26.0 Å². The van der Waals surface area contributed by atoms with Gasteiger partial charge in [-0.2, -0.15) is 4.98 Å². The lowest BCUT2D eigenvalue weighted by atomic mass is 10.2. The van der Waals surface area contributed by atoms with Crippen LogP contribution in [0, 0.1) is 12.3 Å². The van der Waals surface area contributed by atoms with E-state index in [1.807, 2.05) is 0 Å². The topological polar surface area (TPSA) is 94.3 Å². The van der Waals surface area contributed by atoms with Crippen molar-refractivity contribution in [1.29, 1.82) is 0 Å². The smallest absolute Gasteiger partial charge is 0.306 e. The predicted molar refractivity (Wildman–Crippen MR) is 85.9 cm³/mol. The lowest BCUT2D eigenvalue weighted by molar-refractivity contribution is -0.148. The summed E-state index contributed by atoms with van der Waals surface area (Å²) in [5.74, 6) is 1.95. The van der Waals surface area contributed by atoms with Gasteiger partial charge in [-0.25, -0.2) is 0 Å². The number of nitrogens with zero attached hydrogens (tertiary/aromatic N) is 2. The Balaban J connectivity index is 1.78. The lowest BCUT2D eigenvalue weighted by Gasteiger charge is -2.03. The first-order valence-corrected chi connectivity index (χ1v) is 7.40. The highest BCUT2D eigenvalue weighted by atomic mass is 35.5. The second-order valence-corrected chi connectivity index (χ2v) is 5.10. The number of nitrogens with one attached hydrogen (secondary N) is 1. The van der Waals surface area contributed by atoms with Gasteiger partial charge in [0.2, 0.25) is 11.7 Å². The first-order chi connectivity index (χ1) is 11.6. The van der Waals surface area contributed by atoms with E-state index >= 15 is 0 Å². The van der Waals surface area contributed by atoms with Crippen LogP contribution in [0.3, 0.4) is 0 Å². The van der Waals surface area contributed by atoms with Gasteiger partial charge in [0.25, 0.3) is 5.91 Å². The van der Waals surface area contributed by atoms with Gasteiger partial charge in [0.15, 0.2) is 6.61 Å². The van der Waals surface area contributed by atoms with Gasteiger partial charge < -0.3 is 14.6 Å². The van der Waals surface area contributed by atoms with Gasteiger partial charge in [-0.15, -0.1) is 6.42 Å². The van der Waals surface area contributed by atoms with E-state index in [9.17, 15) is 9.59 Å². The number of amides is 1. The average molecular weight is 348 g/mol. The van der Waals surface area contributed by atoms with E-state index < -0.39 is 11.9 Å². The first-order valence-electron chi connectivity index (χ1n) is 7.03. The Morgan fingerprint density at radius 1 is 1.33 bits per heavy atom. The minimum atomic E-state index is -0.544. The molecular weight excluding hydrogens is 334 g/mol. The van der Waals surface area contributed by atoms with Gasteiger partial charge in [-0.05, 0) is 24.3 Å². The summed E-state index contributed by atoms with van der Waals surface area (Å²) in [7, 11) is 0. The molecule has 0 aliphatic rings. The number of benzene rings is 1. The zero-order valence-corrected chi connectivity index (χ0v) is 13.4. The molecule has 0 unspecified atom stereocenters. The number of carbonyl (C=O) groups is 2. The van der Waals surface area contributed by atoms with Gasteiger partial charge in [-0.3, -0.25) is 9.59 Å². The molecule has 1 amide bonds. The van der Waals surface area contributed by atoms with Gasteiger partial charge in [0.1, 0.15) is 0 Å². The molecule has 0 aliphatic heterocycles. The maximum Gasteiger partial charge on any atom is 0.306 e. The SMILES string of the molecule is C#CCNC(=O)COC(=O)CCc1nc(-c2ccc(Cl)cc2)no1. The van der Waals surface area contributed by atoms with Crippen molar-refractivity contribution in [2.45, 2.75) is 12.8 Å². The number of rotatable bonds is 7. The zero-order chi connectivity index (χ0) is 17.4. The summed E-state index contributed by atoms with van der Waals surface area (Å²) >= 11 is 5.82. The van der Waals surface area contributed by atoms with Crippen molar-refractivity contribution in [2.24, 2.45) is 0 Å². The normalized spacial score (nSPS) is 10.0. The van der Waals surface area contributed by atoms with E-state index in [1.54, 1.807) is 24.3 Å². The minimum absolute atomic E-state index is 0.0185. The molecular formula is C16H14ClN3O4. The number of hydrogen-bond donors (Lipinski definition) is 1. The summed E-state index contributed by atoms with van der Waals surface area (Å²) in [6, 6.07) is 6.96. The number of aromatic nitrogens is 2. The Kier molecular flexibility index (Phi) is 6.34. The van der Waals surface area contributed by atoms with Crippen LogP contribution in [0.2, 0.25) is 5.02 Å². The van der Waals surface area contributed by atoms with E-state index in [2.05, 4.69) is 21.4 Å². The monoisotopic (exact) mass is 347 g/mol. The Morgan fingerprint density at radius 3 is 2.79 bits per heavy atom. The summed E-state index contributed by atoms with van der Waals surface area (Å²) in [5.41, 5.74) is 0.752. The molecule has 1 heterocycles. The number of esters is 1. The maximum atomic E-state index is 11.6. The number of halogens is 1. The second kappa shape index (κ2) is 8.70. The minimum Gasteiger partial charge on any atom is -0.456 e. The molecule has 0 aliphatic carbocycles. The zero-order valence-electron chi connectivity index (χ0n) is 12.6. The van der Waals surface area contributed by atoms with Crippen molar-refractivity contribution in [3.05, 3.63) is 35.2 Å². The Labute approximate surface area is 143 Å². The van der Waals surface area contributed by atoms with E-state index in [1.165, 1.54) is 0 Å². The number of hydrogen-bond acceptors (Lipinski definition) is 6. The fourth-order valence-corrected chi connectivity index (χ4v) is 1.83. The molecule has 0 atom stereocenters. The fourth-order valence-electron chi connectivity index (χ4n) is 1.70. The van der Waals surface area contributed by atoms with Crippen molar-refractivity contribution in [3.8, 4) is 23.7 Å². The van der Waals surface area contributed by atoms with Crippen LogP contribution in [0.25, 0.3) is 11.4 Å². The van der Waals surface area contributed by atoms with Crippen LogP contribution in [0.1, 0.15) is 12.3 Å². The van der Waals surface area contributed by atoms with Gasteiger partial charge in [-0.1, -0.05) is 22.7 Å². The third kappa shape index (κ3) is 5.41. The quantitative estimate of drug-likeness (QED) is 0.604. The third-order valence-corrected chi connectivity index (χ3v) is 3.12. The summed E-state index contributed by atoms with van der Waals surface area (Å²) < 4.78 is 9.88. The van der Waals surface area contributed by atoms with Crippen molar-refractivity contribution < 1.29 is 18.8 Å². The molecule has 7 nitrogen and oxygen atoms in total. The maximum absolute atomic E-state index is 11.6. The highest BCUT2D eigenvalue weighted by Crippen LogP contribution is 2.18. The Hall–Kier alpha value is -2.85. The van der Waals surface area contributed by atoms with Crippen LogP contribution >= 0.6 is 11.6 Å². The molecule has 2 aromatic rings. The van der Waals surface area contributed by atoms with Crippen LogP contribution in [-0.4, -0.2) is 35.2 Å². The summed E-state index contributed by atoms with van der Waals surface area (Å²) in [6.45, 7) is -0.286. The van der Waals surface area contributed by atoms with Crippen molar-refractivity contribution >= 4 is 23.5 Å². The molecule has 0 saturated carbocycles. The van der Waals surface area contributed by atoms with Crippen LogP contribution < -0.4 is 5.32 Å². The molecule has 1 aromatic carbocycles. The molecule has 24 heavy (non-hydrogen) atoms. The fraction of sp³-hybridized carbons (Fsp3) is 0.250. The van der Waals surface area contributed by atoms with E-state index in [0.717, 1.165) is 5.56 Å². The molecule has 0 spiro atoms. The second-order valence-electron chi connectivity index (χ2n) is 4.66. The molecule has 0 saturated heterocycles. The molecule has 8 heteroatoms.